The fraction of sp³-hybridized carbons (Fsp3) is 0.500. The van der Waals surface area contributed by atoms with Crippen molar-refractivity contribution in [3.05, 3.63) is 35.9 Å². The Labute approximate surface area is 102 Å². The van der Waals surface area contributed by atoms with Gasteiger partial charge in [-0.2, -0.15) is 0 Å². The highest BCUT2D eigenvalue weighted by atomic mass is 16.3. The molecule has 1 fully saturated rings. The normalized spacial score (nSPS) is 24.6. The van der Waals surface area contributed by atoms with E-state index in [-0.39, 0.29) is 12.1 Å². The summed E-state index contributed by atoms with van der Waals surface area (Å²) in [4.78, 5) is 12.8. The van der Waals surface area contributed by atoms with Gasteiger partial charge in [-0.3, -0.25) is 4.79 Å². The number of likely N-dealkylation sites (tertiary alicyclic amines) is 1. The van der Waals surface area contributed by atoms with Gasteiger partial charge in [-0.05, 0) is 31.2 Å². The molecular weight excluding hydrogens is 214 g/mol. The van der Waals surface area contributed by atoms with Gasteiger partial charge >= 0.3 is 0 Å². The number of nitrogens with zero attached hydrogens (tertiary/aromatic N) is 1. The maximum absolute atomic E-state index is 10.9. The van der Waals surface area contributed by atoms with Crippen LogP contribution in [0.2, 0.25) is 0 Å². The summed E-state index contributed by atoms with van der Waals surface area (Å²) in [5.74, 6) is 0. The van der Waals surface area contributed by atoms with E-state index in [1.165, 1.54) is 5.56 Å². The van der Waals surface area contributed by atoms with Gasteiger partial charge in [-0.25, -0.2) is 0 Å². The Morgan fingerprint density at radius 2 is 2.12 bits per heavy atom. The van der Waals surface area contributed by atoms with Crippen molar-refractivity contribution in [1.29, 1.82) is 0 Å². The van der Waals surface area contributed by atoms with E-state index >= 15 is 0 Å². The highest BCUT2D eigenvalue weighted by molar-refractivity contribution is 5.48. The quantitative estimate of drug-likeness (QED) is 0.802. The highest BCUT2D eigenvalue weighted by Gasteiger charge is 2.25. The average Bonchev–Trinajstić information content (AvgIpc) is 2.38. The van der Waals surface area contributed by atoms with Crippen molar-refractivity contribution < 1.29 is 9.90 Å². The van der Waals surface area contributed by atoms with Gasteiger partial charge in [0, 0.05) is 12.6 Å². The zero-order chi connectivity index (χ0) is 12.1. The third-order valence-electron chi connectivity index (χ3n) is 3.48. The number of benzene rings is 1. The van der Waals surface area contributed by atoms with Crippen molar-refractivity contribution in [2.75, 3.05) is 6.54 Å². The molecule has 1 aliphatic heterocycles. The Bertz CT molecular complexity index is 352. The number of piperidine rings is 1. The second-order valence-electron chi connectivity index (χ2n) is 4.70. The second-order valence-corrected chi connectivity index (χ2v) is 4.70. The zero-order valence-corrected chi connectivity index (χ0v) is 9.96. The molecule has 2 atom stereocenters. The number of carbonyl (C=O) groups is 1. The molecule has 92 valence electrons. The molecule has 0 bridgehead atoms. The summed E-state index contributed by atoms with van der Waals surface area (Å²) in [5, 5.41) is 9.65. The molecule has 0 aliphatic carbocycles. The Hall–Kier alpha value is -1.35. The zero-order valence-electron chi connectivity index (χ0n) is 9.96. The molecule has 0 radical (unpaired) electrons. The molecule has 1 N–H and O–H groups in total. The molecule has 1 aromatic carbocycles. The van der Waals surface area contributed by atoms with Gasteiger partial charge in [-0.15, -0.1) is 0 Å². The van der Waals surface area contributed by atoms with Gasteiger partial charge in [0.1, 0.15) is 0 Å². The number of hydrogen-bond acceptors (Lipinski definition) is 2. The van der Waals surface area contributed by atoms with Crippen molar-refractivity contribution in [3.8, 4) is 0 Å². The first-order valence-electron chi connectivity index (χ1n) is 6.22. The summed E-state index contributed by atoms with van der Waals surface area (Å²) in [6, 6.07) is 10.5. The molecule has 3 heteroatoms. The van der Waals surface area contributed by atoms with Crippen LogP contribution in [-0.4, -0.2) is 35.1 Å². The van der Waals surface area contributed by atoms with E-state index < -0.39 is 0 Å². The van der Waals surface area contributed by atoms with Crippen LogP contribution in [0.25, 0.3) is 0 Å². The number of aliphatic hydroxyl groups excluding tert-OH is 1. The van der Waals surface area contributed by atoms with E-state index in [1.54, 1.807) is 0 Å². The monoisotopic (exact) mass is 233 g/mol. The van der Waals surface area contributed by atoms with Crippen LogP contribution < -0.4 is 0 Å². The third-order valence-corrected chi connectivity index (χ3v) is 3.48. The molecule has 2 rings (SSSR count). The summed E-state index contributed by atoms with van der Waals surface area (Å²) in [6.07, 6.45) is 3.99. The van der Waals surface area contributed by atoms with Crippen molar-refractivity contribution in [3.63, 3.8) is 0 Å². The van der Waals surface area contributed by atoms with Crippen molar-refractivity contribution in [1.82, 2.24) is 4.90 Å². The SMILES string of the molecule is O=CN1CC[C@@H](O)C[C@H]1CCc1ccccc1. The first kappa shape index (κ1) is 12.1. The van der Waals surface area contributed by atoms with Crippen LogP contribution >= 0.6 is 0 Å². The summed E-state index contributed by atoms with van der Waals surface area (Å²) in [5.41, 5.74) is 1.29. The smallest absolute Gasteiger partial charge is 0.209 e. The van der Waals surface area contributed by atoms with Crippen molar-refractivity contribution in [2.45, 2.75) is 37.8 Å². The Balaban J connectivity index is 1.90. The van der Waals surface area contributed by atoms with Gasteiger partial charge in [0.05, 0.1) is 6.10 Å². The molecule has 0 unspecified atom stereocenters. The standard InChI is InChI=1S/C14H19NO2/c16-11-15-9-8-14(17)10-13(15)7-6-12-4-2-1-3-5-12/h1-5,11,13-14,17H,6-10H2/t13-,14-/m1/s1. The van der Waals surface area contributed by atoms with E-state index in [2.05, 4.69) is 12.1 Å². The number of carbonyl (C=O) groups excluding carboxylic acids is 1. The lowest BCUT2D eigenvalue weighted by molar-refractivity contribution is -0.123. The third kappa shape index (κ3) is 3.30. The number of hydrogen-bond donors (Lipinski definition) is 1. The largest absolute Gasteiger partial charge is 0.393 e. The lowest BCUT2D eigenvalue weighted by Crippen LogP contribution is -2.43. The number of rotatable bonds is 4. The summed E-state index contributed by atoms with van der Waals surface area (Å²) < 4.78 is 0. The molecule has 0 saturated carbocycles. The van der Waals surface area contributed by atoms with E-state index in [0.29, 0.717) is 19.4 Å². The molecule has 1 aliphatic rings. The first-order chi connectivity index (χ1) is 8.29. The molecule has 1 aromatic rings. The predicted molar refractivity (Wildman–Crippen MR) is 66.6 cm³/mol. The summed E-state index contributed by atoms with van der Waals surface area (Å²) in [6.45, 7) is 0.685. The first-order valence-corrected chi connectivity index (χ1v) is 6.22. The van der Waals surface area contributed by atoms with Gasteiger partial charge < -0.3 is 10.0 Å². The lowest BCUT2D eigenvalue weighted by Gasteiger charge is -2.35. The minimum Gasteiger partial charge on any atom is -0.393 e. The van der Waals surface area contributed by atoms with Crippen molar-refractivity contribution >= 4 is 6.41 Å². The molecule has 17 heavy (non-hydrogen) atoms. The van der Waals surface area contributed by atoms with Crippen LogP contribution in [-0.2, 0) is 11.2 Å². The molecule has 0 spiro atoms. The van der Waals surface area contributed by atoms with Crippen LogP contribution in [0.1, 0.15) is 24.8 Å². The minimum absolute atomic E-state index is 0.191. The fourth-order valence-electron chi connectivity index (χ4n) is 2.45. The van der Waals surface area contributed by atoms with Gasteiger partial charge in [0.2, 0.25) is 6.41 Å². The molecule has 1 amide bonds. The molecule has 1 saturated heterocycles. The van der Waals surface area contributed by atoms with Crippen molar-refractivity contribution in [2.24, 2.45) is 0 Å². The van der Waals surface area contributed by atoms with Crippen LogP contribution in [0.5, 0.6) is 0 Å². The maximum Gasteiger partial charge on any atom is 0.209 e. The van der Waals surface area contributed by atoms with E-state index in [9.17, 15) is 9.90 Å². The van der Waals surface area contributed by atoms with E-state index in [0.717, 1.165) is 19.3 Å². The summed E-state index contributed by atoms with van der Waals surface area (Å²) >= 11 is 0. The van der Waals surface area contributed by atoms with Crippen LogP contribution in [0.4, 0.5) is 0 Å². The fourth-order valence-corrected chi connectivity index (χ4v) is 2.45. The predicted octanol–water partition coefficient (Wildman–Crippen LogP) is 1.60. The highest BCUT2D eigenvalue weighted by Crippen LogP contribution is 2.20. The summed E-state index contributed by atoms with van der Waals surface area (Å²) in [7, 11) is 0. The molecular formula is C14H19NO2. The number of amides is 1. The Kier molecular flexibility index (Phi) is 4.15. The van der Waals surface area contributed by atoms with Crippen LogP contribution in [0, 0.1) is 0 Å². The Morgan fingerprint density at radius 1 is 1.35 bits per heavy atom. The molecule has 0 aromatic heterocycles. The minimum atomic E-state index is -0.244. The van der Waals surface area contributed by atoms with Crippen LogP contribution in [0.15, 0.2) is 30.3 Å². The number of aryl methyl sites for hydroxylation is 1. The van der Waals surface area contributed by atoms with Crippen LogP contribution in [0.3, 0.4) is 0 Å². The molecule has 1 heterocycles. The van der Waals surface area contributed by atoms with E-state index in [4.69, 9.17) is 0 Å². The average molecular weight is 233 g/mol. The topological polar surface area (TPSA) is 40.5 Å². The lowest BCUT2D eigenvalue weighted by atomic mass is 9.94. The van der Waals surface area contributed by atoms with Gasteiger partial charge in [0.25, 0.3) is 0 Å². The molecule has 3 nitrogen and oxygen atoms in total. The number of aliphatic hydroxyl groups is 1. The Morgan fingerprint density at radius 3 is 2.82 bits per heavy atom. The van der Waals surface area contributed by atoms with Gasteiger partial charge in [-0.1, -0.05) is 30.3 Å². The van der Waals surface area contributed by atoms with Gasteiger partial charge in [0.15, 0.2) is 0 Å². The second kappa shape index (κ2) is 5.82. The maximum atomic E-state index is 10.9. The van der Waals surface area contributed by atoms with E-state index in [1.807, 2.05) is 23.1 Å².